The lowest BCUT2D eigenvalue weighted by atomic mass is 10.1. The van der Waals surface area contributed by atoms with Gasteiger partial charge in [-0.3, -0.25) is 4.79 Å². The zero-order valence-corrected chi connectivity index (χ0v) is 14.5. The van der Waals surface area contributed by atoms with Crippen molar-refractivity contribution >= 4 is 12.1 Å². The maximum atomic E-state index is 11.5. The van der Waals surface area contributed by atoms with E-state index >= 15 is 0 Å². The molecule has 0 saturated carbocycles. The molecule has 25 heavy (non-hydrogen) atoms. The van der Waals surface area contributed by atoms with E-state index in [4.69, 9.17) is 9.47 Å². The lowest BCUT2D eigenvalue weighted by Crippen LogP contribution is -2.39. The first kappa shape index (κ1) is 18.5. The van der Waals surface area contributed by atoms with Gasteiger partial charge in [0.25, 0.3) is 5.91 Å². The van der Waals surface area contributed by atoms with Crippen LogP contribution in [0.5, 0.6) is 11.5 Å². The number of ether oxygens (including phenoxy) is 2. The van der Waals surface area contributed by atoms with E-state index in [0.29, 0.717) is 12.4 Å². The second kappa shape index (κ2) is 8.30. The summed E-state index contributed by atoms with van der Waals surface area (Å²) in [5.41, 5.74) is 2.57. The van der Waals surface area contributed by atoms with Gasteiger partial charge in [0.15, 0.2) is 0 Å². The van der Waals surface area contributed by atoms with Gasteiger partial charge in [-0.05, 0) is 49.2 Å². The van der Waals surface area contributed by atoms with Crippen molar-refractivity contribution in [2.75, 3.05) is 7.11 Å². The molecular weight excluding hydrogens is 320 g/mol. The number of carbonyl (C=O) groups excluding carboxylic acids is 1. The second-order valence-corrected chi connectivity index (χ2v) is 5.97. The number of rotatable bonds is 7. The molecule has 2 aromatic rings. The molecule has 0 unspecified atom stereocenters. The van der Waals surface area contributed by atoms with Crippen molar-refractivity contribution in [2.45, 2.75) is 26.1 Å². The van der Waals surface area contributed by atoms with Gasteiger partial charge in [0.05, 0.1) is 13.3 Å². The Morgan fingerprint density at radius 2 is 1.92 bits per heavy atom. The van der Waals surface area contributed by atoms with Crippen molar-refractivity contribution in [3.8, 4) is 11.5 Å². The Kier molecular flexibility index (Phi) is 6.14. The summed E-state index contributed by atoms with van der Waals surface area (Å²) in [5, 5.41) is 13.4. The van der Waals surface area contributed by atoms with E-state index in [2.05, 4.69) is 10.5 Å². The molecular formula is C19H22N2O4. The maximum absolute atomic E-state index is 11.5. The van der Waals surface area contributed by atoms with E-state index in [-0.39, 0.29) is 0 Å². The molecule has 0 bridgehead atoms. The molecule has 0 aliphatic heterocycles. The summed E-state index contributed by atoms with van der Waals surface area (Å²) >= 11 is 0. The van der Waals surface area contributed by atoms with Crippen LogP contribution in [0.1, 0.15) is 25.0 Å². The molecule has 0 aliphatic carbocycles. The third kappa shape index (κ3) is 5.93. The summed E-state index contributed by atoms with van der Waals surface area (Å²) in [7, 11) is 1.62. The van der Waals surface area contributed by atoms with Crippen LogP contribution in [0.15, 0.2) is 53.6 Å². The third-order valence-corrected chi connectivity index (χ3v) is 3.33. The standard InChI is InChI=1S/C19H22N2O4/c1-19(2,23)18(22)21-20-12-14-6-4-9-17(10-14)25-13-15-7-5-8-16(11-15)24-3/h4-12,23H,13H2,1-3H3,(H,21,22). The van der Waals surface area contributed by atoms with Gasteiger partial charge < -0.3 is 14.6 Å². The van der Waals surface area contributed by atoms with Gasteiger partial charge in [0.1, 0.15) is 23.7 Å². The first-order valence-corrected chi connectivity index (χ1v) is 7.80. The van der Waals surface area contributed by atoms with Gasteiger partial charge in [-0.2, -0.15) is 5.10 Å². The molecule has 132 valence electrons. The number of benzene rings is 2. The minimum Gasteiger partial charge on any atom is -0.497 e. The fraction of sp³-hybridized carbons (Fsp3) is 0.263. The van der Waals surface area contributed by atoms with E-state index in [0.717, 1.165) is 16.9 Å². The quantitative estimate of drug-likeness (QED) is 0.598. The summed E-state index contributed by atoms with van der Waals surface area (Å²) in [6.07, 6.45) is 1.49. The molecule has 0 saturated heterocycles. The number of nitrogens with one attached hydrogen (secondary N) is 1. The van der Waals surface area contributed by atoms with Crippen LogP contribution < -0.4 is 14.9 Å². The minimum atomic E-state index is -1.47. The summed E-state index contributed by atoms with van der Waals surface area (Å²) in [6, 6.07) is 15.0. The third-order valence-electron chi connectivity index (χ3n) is 3.33. The lowest BCUT2D eigenvalue weighted by molar-refractivity contribution is -0.136. The highest BCUT2D eigenvalue weighted by atomic mass is 16.5. The van der Waals surface area contributed by atoms with Gasteiger partial charge >= 0.3 is 0 Å². The van der Waals surface area contributed by atoms with Crippen LogP contribution in [0.3, 0.4) is 0 Å². The Hall–Kier alpha value is -2.86. The molecule has 0 atom stereocenters. The molecule has 0 aromatic heterocycles. The Morgan fingerprint density at radius 1 is 1.20 bits per heavy atom. The van der Waals surface area contributed by atoms with Crippen molar-refractivity contribution in [1.82, 2.24) is 5.43 Å². The first-order valence-electron chi connectivity index (χ1n) is 7.80. The zero-order chi connectivity index (χ0) is 18.3. The summed E-state index contributed by atoms with van der Waals surface area (Å²) in [6.45, 7) is 3.20. The van der Waals surface area contributed by atoms with E-state index in [1.807, 2.05) is 42.5 Å². The molecule has 2 rings (SSSR count). The van der Waals surface area contributed by atoms with E-state index < -0.39 is 11.5 Å². The molecule has 0 aliphatic rings. The molecule has 0 radical (unpaired) electrons. The highest BCUT2D eigenvalue weighted by Crippen LogP contribution is 2.17. The van der Waals surface area contributed by atoms with Crippen LogP contribution in [-0.4, -0.2) is 29.9 Å². The van der Waals surface area contributed by atoms with Crippen molar-refractivity contribution in [3.05, 3.63) is 59.7 Å². The molecule has 1 amide bonds. The Balaban J connectivity index is 1.95. The number of hydrogen-bond donors (Lipinski definition) is 2. The number of methoxy groups -OCH3 is 1. The highest BCUT2D eigenvalue weighted by Gasteiger charge is 2.22. The molecule has 6 heteroatoms. The van der Waals surface area contributed by atoms with E-state index in [9.17, 15) is 9.90 Å². The van der Waals surface area contributed by atoms with Gasteiger partial charge in [-0.25, -0.2) is 5.43 Å². The Labute approximate surface area is 147 Å². The van der Waals surface area contributed by atoms with E-state index in [1.54, 1.807) is 13.2 Å². The topological polar surface area (TPSA) is 80.2 Å². The van der Waals surface area contributed by atoms with Crippen molar-refractivity contribution in [1.29, 1.82) is 0 Å². The second-order valence-electron chi connectivity index (χ2n) is 5.97. The fourth-order valence-electron chi connectivity index (χ4n) is 1.92. The molecule has 0 fully saturated rings. The van der Waals surface area contributed by atoms with E-state index in [1.165, 1.54) is 20.1 Å². The number of hydrogen-bond acceptors (Lipinski definition) is 5. The van der Waals surface area contributed by atoms with Crippen LogP contribution in [0.2, 0.25) is 0 Å². The monoisotopic (exact) mass is 342 g/mol. The molecule has 6 nitrogen and oxygen atoms in total. The molecule has 0 heterocycles. The number of nitrogens with zero attached hydrogens (tertiary/aromatic N) is 1. The Bertz CT molecular complexity index is 751. The Morgan fingerprint density at radius 3 is 2.64 bits per heavy atom. The van der Waals surface area contributed by atoms with Gasteiger partial charge in [0, 0.05) is 0 Å². The first-order chi connectivity index (χ1) is 11.9. The largest absolute Gasteiger partial charge is 0.497 e. The average Bonchev–Trinajstić information content (AvgIpc) is 2.59. The van der Waals surface area contributed by atoms with Gasteiger partial charge in [-0.1, -0.05) is 24.3 Å². The number of carbonyl (C=O) groups is 1. The molecule has 2 N–H and O–H groups in total. The number of amides is 1. The van der Waals surface area contributed by atoms with Gasteiger partial charge in [-0.15, -0.1) is 0 Å². The lowest BCUT2D eigenvalue weighted by Gasteiger charge is -2.13. The molecule has 2 aromatic carbocycles. The molecule has 0 spiro atoms. The normalized spacial score (nSPS) is 11.4. The minimum absolute atomic E-state index is 0.410. The van der Waals surface area contributed by atoms with Gasteiger partial charge in [0.2, 0.25) is 0 Å². The maximum Gasteiger partial charge on any atom is 0.271 e. The SMILES string of the molecule is COc1cccc(COc2cccc(C=NNC(=O)C(C)(C)O)c2)c1. The fourth-order valence-corrected chi connectivity index (χ4v) is 1.92. The van der Waals surface area contributed by atoms with Crippen LogP contribution >= 0.6 is 0 Å². The number of aliphatic hydroxyl groups is 1. The van der Waals surface area contributed by atoms with Crippen molar-refractivity contribution < 1.29 is 19.4 Å². The summed E-state index contributed by atoms with van der Waals surface area (Å²) in [4.78, 5) is 11.5. The average molecular weight is 342 g/mol. The van der Waals surface area contributed by atoms with Crippen LogP contribution in [-0.2, 0) is 11.4 Å². The van der Waals surface area contributed by atoms with Crippen LogP contribution in [0.4, 0.5) is 0 Å². The van der Waals surface area contributed by atoms with Crippen LogP contribution in [0, 0.1) is 0 Å². The van der Waals surface area contributed by atoms with Crippen molar-refractivity contribution in [3.63, 3.8) is 0 Å². The summed E-state index contributed by atoms with van der Waals surface area (Å²) in [5.74, 6) is 0.888. The van der Waals surface area contributed by atoms with Crippen LogP contribution in [0.25, 0.3) is 0 Å². The summed E-state index contributed by atoms with van der Waals surface area (Å²) < 4.78 is 11.0. The smallest absolute Gasteiger partial charge is 0.271 e. The zero-order valence-electron chi connectivity index (χ0n) is 14.5. The predicted molar refractivity (Wildman–Crippen MR) is 95.8 cm³/mol. The number of hydrazone groups is 1. The predicted octanol–water partition coefficient (Wildman–Crippen LogP) is 2.50. The highest BCUT2D eigenvalue weighted by molar-refractivity contribution is 5.86. The van der Waals surface area contributed by atoms with Crippen molar-refractivity contribution in [2.24, 2.45) is 5.10 Å².